The van der Waals surface area contributed by atoms with Gasteiger partial charge in [-0.15, -0.1) is 0 Å². The number of benzene rings is 1. The molecule has 4 nitrogen and oxygen atoms in total. The number of aromatic hydroxyl groups is 1. The Balaban J connectivity index is 2.29. The first-order valence-electron chi connectivity index (χ1n) is 8.52. The van der Waals surface area contributed by atoms with Gasteiger partial charge < -0.3 is 14.4 Å². The summed E-state index contributed by atoms with van der Waals surface area (Å²) in [7, 11) is 3.07. The van der Waals surface area contributed by atoms with E-state index in [1.807, 2.05) is 18.2 Å². The molecule has 0 aliphatic rings. The Morgan fingerprint density at radius 3 is 2.60 bits per heavy atom. The van der Waals surface area contributed by atoms with Crippen LogP contribution in [0.2, 0.25) is 0 Å². The highest BCUT2D eigenvalue weighted by molar-refractivity contribution is 5.88. The van der Waals surface area contributed by atoms with Crippen LogP contribution in [-0.4, -0.2) is 16.8 Å². The molecule has 0 spiro atoms. The maximum atomic E-state index is 12.1. The van der Waals surface area contributed by atoms with Crippen LogP contribution in [0.3, 0.4) is 0 Å². The first-order valence-corrected chi connectivity index (χ1v) is 8.52. The summed E-state index contributed by atoms with van der Waals surface area (Å²) in [5.41, 5.74) is 4.13. The minimum Gasteiger partial charge on any atom is -0.504 e. The van der Waals surface area contributed by atoms with Crippen LogP contribution in [0.25, 0.3) is 10.9 Å². The van der Waals surface area contributed by atoms with Crippen LogP contribution in [0, 0.1) is 0 Å². The van der Waals surface area contributed by atoms with Gasteiger partial charge in [-0.2, -0.15) is 0 Å². The Bertz CT molecular complexity index is 884. The van der Waals surface area contributed by atoms with E-state index in [0.29, 0.717) is 10.9 Å². The van der Waals surface area contributed by atoms with Crippen molar-refractivity contribution in [2.45, 2.75) is 40.0 Å². The topological polar surface area (TPSA) is 51.5 Å². The maximum absolute atomic E-state index is 12.1. The molecule has 0 saturated carbocycles. The van der Waals surface area contributed by atoms with E-state index in [2.05, 4.69) is 32.9 Å². The molecule has 2 aromatic rings. The molecule has 1 heterocycles. The molecule has 25 heavy (non-hydrogen) atoms. The smallest absolute Gasteiger partial charge is 0.297 e. The molecular formula is C21H27NO3. The predicted molar refractivity (Wildman–Crippen MR) is 104 cm³/mol. The number of methoxy groups -OCH3 is 1. The van der Waals surface area contributed by atoms with Crippen molar-refractivity contribution >= 4 is 10.9 Å². The summed E-state index contributed by atoms with van der Waals surface area (Å²) in [5.74, 6) is -0.104. The molecule has 134 valence electrons. The number of pyridine rings is 1. The fourth-order valence-electron chi connectivity index (χ4n) is 2.84. The van der Waals surface area contributed by atoms with Gasteiger partial charge >= 0.3 is 0 Å². The lowest BCUT2D eigenvalue weighted by molar-refractivity contribution is 0.368. The molecule has 0 atom stereocenters. The molecule has 0 saturated heterocycles. The van der Waals surface area contributed by atoms with Gasteiger partial charge in [-0.05, 0) is 57.7 Å². The highest BCUT2D eigenvalue weighted by Crippen LogP contribution is 2.31. The van der Waals surface area contributed by atoms with Crippen molar-refractivity contribution < 1.29 is 9.84 Å². The number of hydrogen-bond donors (Lipinski definition) is 1. The number of allylic oxidation sites excluding steroid dienone is 4. The van der Waals surface area contributed by atoms with Crippen molar-refractivity contribution in [2.24, 2.45) is 7.05 Å². The zero-order valence-corrected chi connectivity index (χ0v) is 15.7. The lowest BCUT2D eigenvalue weighted by Gasteiger charge is -2.11. The van der Waals surface area contributed by atoms with E-state index < -0.39 is 0 Å². The molecule has 0 unspecified atom stereocenters. The number of nitrogens with zero attached hydrogens (tertiary/aromatic N) is 1. The van der Waals surface area contributed by atoms with E-state index >= 15 is 0 Å². The van der Waals surface area contributed by atoms with Crippen molar-refractivity contribution in [3.63, 3.8) is 0 Å². The zero-order chi connectivity index (χ0) is 18.6. The van der Waals surface area contributed by atoms with Crippen LogP contribution < -0.4 is 10.3 Å². The highest BCUT2D eigenvalue weighted by atomic mass is 16.5. The van der Waals surface area contributed by atoms with Gasteiger partial charge in [-0.1, -0.05) is 29.4 Å². The monoisotopic (exact) mass is 341 g/mol. The van der Waals surface area contributed by atoms with Crippen molar-refractivity contribution in [1.29, 1.82) is 0 Å². The Kier molecular flexibility index (Phi) is 6.07. The van der Waals surface area contributed by atoms with Crippen LogP contribution >= 0.6 is 0 Å². The average Bonchev–Trinajstić information content (AvgIpc) is 2.58. The maximum Gasteiger partial charge on any atom is 0.297 e. The van der Waals surface area contributed by atoms with E-state index in [0.717, 1.165) is 24.8 Å². The molecule has 2 rings (SSSR count). The van der Waals surface area contributed by atoms with Crippen molar-refractivity contribution in [2.75, 3.05) is 7.11 Å². The first kappa shape index (κ1) is 18.8. The summed E-state index contributed by atoms with van der Waals surface area (Å²) in [4.78, 5) is 12.1. The van der Waals surface area contributed by atoms with Gasteiger partial charge in [0.15, 0.2) is 5.75 Å². The zero-order valence-electron chi connectivity index (χ0n) is 15.7. The number of fused-ring (bicyclic) bond motifs is 1. The SMILES string of the molecule is COc1c(O)c2cc(CC=C(C)CCC=C(C)C)ccc2n(C)c1=O. The molecule has 1 aromatic carbocycles. The quantitative estimate of drug-likeness (QED) is 0.788. The predicted octanol–water partition coefficient (Wildman–Crippen LogP) is 4.49. The normalized spacial score (nSPS) is 11.6. The van der Waals surface area contributed by atoms with E-state index in [-0.39, 0.29) is 17.1 Å². The third-order valence-corrected chi connectivity index (χ3v) is 4.37. The van der Waals surface area contributed by atoms with Crippen molar-refractivity contribution in [3.05, 3.63) is 57.4 Å². The average molecular weight is 341 g/mol. The number of aryl methyl sites for hydroxylation is 1. The second kappa shape index (κ2) is 8.06. The summed E-state index contributed by atoms with van der Waals surface area (Å²) in [5, 5.41) is 11.0. The Labute approximate surface area is 149 Å². The Morgan fingerprint density at radius 1 is 1.24 bits per heavy atom. The van der Waals surface area contributed by atoms with E-state index in [1.165, 1.54) is 22.8 Å². The van der Waals surface area contributed by atoms with Gasteiger partial charge in [0.05, 0.1) is 12.6 Å². The van der Waals surface area contributed by atoms with E-state index in [9.17, 15) is 9.90 Å². The summed E-state index contributed by atoms with van der Waals surface area (Å²) >= 11 is 0. The standard InChI is InChI=1S/C21H27NO3/c1-14(2)7-6-8-15(3)9-10-16-11-12-18-17(13-16)19(23)20(25-5)21(24)22(18)4/h7,9,11-13,23H,6,8,10H2,1-5H3. The van der Waals surface area contributed by atoms with Gasteiger partial charge in [-0.25, -0.2) is 0 Å². The summed E-state index contributed by atoms with van der Waals surface area (Å²) in [6.45, 7) is 6.37. The molecule has 1 N–H and O–H groups in total. The molecule has 0 fully saturated rings. The fourth-order valence-corrected chi connectivity index (χ4v) is 2.84. The Morgan fingerprint density at radius 2 is 1.96 bits per heavy atom. The van der Waals surface area contributed by atoms with Crippen LogP contribution in [-0.2, 0) is 13.5 Å². The van der Waals surface area contributed by atoms with Crippen molar-refractivity contribution in [1.82, 2.24) is 4.57 Å². The summed E-state index contributed by atoms with van der Waals surface area (Å²) in [6, 6.07) is 5.79. The number of ether oxygens (including phenoxy) is 1. The first-order chi connectivity index (χ1) is 11.8. The van der Waals surface area contributed by atoms with Crippen LogP contribution in [0.4, 0.5) is 0 Å². The molecular weight excluding hydrogens is 314 g/mol. The second-order valence-corrected chi connectivity index (χ2v) is 6.67. The lowest BCUT2D eigenvalue weighted by atomic mass is 10.0. The molecule has 4 heteroatoms. The van der Waals surface area contributed by atoms with Crippen LogP contribution in [0.15, 0.2) is 46.3 Å². The third-order valence-electron chi connectivity index (χ3n) is 4.37. The molecule has 0 aliphatic carbocycles. The highest BCUT2D eigenvalue weighted by Gasteiger charge is 2.15. The number of rotatable bonds is 6. The third kappa shape index (κ3) is 4.32. The second-order valence-electron chi connectivity index (χ2n) is 6.67. The van der Waals surface area contributed by atoms with E-state index in [4.69, 9.17) is 4.74 Å². The van der Waals surface area contributed by atoms with Gasteiger partial charge in [0.2, 0.25) is 5.75 Å². The molecule has 0 aliphatic heterocycles. The van der Waals surface area contributed by atoms with E-state index in [1.54, 1.807) is 7.05 Å². The van der Waals surface area contributed by atoms with Gasteiger partial charge in [-0.3, -0.25) is 4.79 Å². The summed E-state index contributed by atoms with van der Waals surface area (Å²) in [6.07, 6.45) is 7.37. The van der Waals surface area contributed by atoms with Gasteiger partial charge in [0, 0.05) is 12.4 Å². The fraction of sp³-hybridized carbons (Fsp3) is 0.381. The Hall–Kier alpha value is -2.49. The molecule has 0 radical (unpaired) electrons. The lowest BCUT2D eigenvalue weighted by Crippen LogP contribution is -2.18. The number of hydrogen-bond acceptors (Lipinski definition) is 3. The minimum atomic E-state index is -0.338. The number of aromatic nitrogens is 1. The largest absolute Gasteiger partial charge is 0.504 e. The molecule has 1 aromatic heterocycles. The van der Waals surface area contributed by atoms with Crippen molar-refractivity contribution in [3.8, 4) is 11.5 Å². The molecule has 0 amide bonds. The van der Waals surface area contributed by atoms with Gasteiger partial charge in [0.1, 0.15) is 0 Å². The molecule has 0 bridgehead atoms. The minimum absolute atomic E-state index is 0.0133. The van der Waals surface area contributed by atoms with Gasteiger partial charge in [0.25, 0.3) is 5.56 Å². The van der Waals surface area contributed by atoms with Crippen LogP contribution in [0.5, 0.6) is 11.5 Å². The summed E-state index contributed by atoms with van der Waals surface area (Å²) < 4.78 is 6.56. The van der Waals surface area contributed by atoms with Crippen LogP contribution in [0.1, 0.15) is 39.2 Å².